The van der Waals surface area contributed by atoms with E-state index >= 15 is 0 Å². The lowest BCUT2D eigenvalue weighted by molar-refractivity contribution is -0.160. The Labute approximate surface area is 158 Å². The molecule has 1 aromatic rings. The standard InChI is InChI=1S/C20H25FN2O4/c1-14(19(25)23(2)20(13-22)9-5-4-6-10-20)27-18(24)12-15-7-8-17(26-3)16(21)11-15/h7-8,11,14H,4-6,9-10,12H2,1-3H3/t14-/m0/s1. The lowest BCUT2D eigenvalue weighted by Crippen LogP contribution is -2.53. The van der Waals surface area contributed by atoms with E-state index in [-0.39, 0.29) is 12.2 Å². The lowest BCUT2D eigenvalue weighted by atomic mass is 9.81. The van der Waals surface area contributed by atoms with E-state index in [4.69, 9.17) is 9.47 Å². The highest BCUT2D eigenvalue weighted by molar-refractivity contribution is 5.84. The average Bonchev–Trinajstić information content (AvgIpc) is 2.67. The van der Waals surface area contributed by atoms with Gasteiger partial charge in [0.2, 0.25) is 0 Å². The fraction of sp³-hybridized carbons (Fsp3) is 0.550. The van der Waals surface area contributed by atoms with Gasteiger partial charge in [0.25, 0.3) is 5.91 Å². The first-order valence-electron chi connectivity index (χ1n) is 9.04. The van der Waals surface area contributed by atoms with Gasteiger partial charge in [0, 0.05) is 7.05 Å². The Morgan fingerprint density at radius 2 is 2.00 bits per heavy atom. The Bertz CT molecular complexity index is 738. The third-order valence-electron chi connectivity index (χ3n) is 5.08. The number of nitriles is 1. The third-order valence-corrected chi connectivity index (χ3v) is 5.08. The average molecular weight is 376 g/mol. The van der Waals surface area contributed by atoms with Crippen molar-refractivity contribution in [3.05, 3.63) is 29.6 Å². The molecule has 146 valence electrons. The Hall–Kier alpha value is -2.62. The van der Waals surface area contributed by atoms with Crippen LogP contribution in [0, 0.1) is 17.1 Å². The van der Waals surface area contributed by atoms with Crippen molar-refractivity contribution in [2.45, 2.75) is 57.1 Å². The Kier molecular flexibility index (Phi) is 6.78. The number of hydrogen-bond acceptors (Lipinski definition) is 5. The van der Waals surface area contributed by atoms with Crippen LogP contribution < -0.4 is 4.74 Å². The van der Waals surface area contributed by atoms with Crippen molar-refractivity contribution in [3.8, 4) is 11.8 Å². The van der Waals surface area contributed by atoms with Gasteiger partial charge in [0.15, 0.2) is 17.7 Å². The van der Waals surface area contributed by atoms with E-state index in [1.807, 2.05) is 0 Å². The summed E-state index contributed by atoms with van der Waals surface area (Å²) in [6.07, 6.45) is 2.90. The minimum absolute atomic E-state index is 0.0894. The second-order valence-electron chi connectivity index (χ2n) is 6.88. The van der Waals surface area contributed by atoms with Crippen LogP contribution in [0.15, 0.2) is 18.2 Å². The van der Waals surface area contributed by atoms with E-state index in [1.165, 1.54) is 31.1 Å². The summed E-state index contributed by atoms with van der Waals surface area (Å²) >= 11 is 0. The van der Waals surface area contributed by atoms with Crippen LogP contribution in [-0.2, 0) is 20.7 Å². The molecular weight excluding hydrogens is 351 g/mol. The van der Waals surface area contributed by atoms with Crippen LogP contribution in [0.2, 0.25) is 0 Å². The van der Waals surface area contributed by atoms with Crippen LogP contribution in [0.5, 0.6) is 5.75 Å². The van der Waals surface area contributed by atoms with Crippen molar-refractivity contribution in [1.82, 2.24) is 4.90 Å². The molecule has 0 bridgehead atoms. The van der Waals surface area contributed by atoms with Gasteiger partial charge in [0.05, 0.1) is 19.6 Å². The fourth-order valence-corrected chi connectivity index (χ4v) is 3.42. The van der Waals surface area contributed by atoms with Crippen LogP contribution in [0.4, 0.5) is 4.39 Å². The number of benzene rings is 1. The summed E-state index contributed by atoms with van der Waals surface area (Å²) < 4.78 is 23.8. The van der Waals surface area contributed by atoms with Crippen LogP contribution in [0.3, 0.4) is 0 Å². The van der Waals surface area contributed by atoms with E-state index in [9.17, 15) is 19.2 Å². The second kappa shape index (κ2) is 8.85. The number of likely N-dealkylation sites (N-methyl/N-ethyl adjacent to an activating group) is 1. The molecule has 2 rings (SSSR count). The molecule has 1 saturated carbocycles. The normalized spacial score (nSPS) is 16.7. The molecule has 0 aromatic heterocycles. The first-order chi connectivity index (χ1) is 12.8. The smallest absolute Gasteiger partial charge is 0.311 e. The minimum Gasteiger partial charge on any atom is -0.494 e. The molecule has 27 heavy (non-hydrogen) atoms. The number of rotatable bonds is 6. The molecule has 0 saturated heterocycles. The maximum Gasteiger partial charge on any atom is 0.311 e. The molecule has 0 heterocycles. The van der Waals surface area contributed by atoms with E-state index in [1.54, 1.807) is 13.1 Å². The van der Waals surface area contributed by atoms with E-state index < -0.39 is 29.3 Å². The molecule has 1 fully saturated rings. The summed E-state index contributed by atoms with van der Waals surface area (Å²) in [6, 6.07) is 6.47. The van der Waals surface area contributed by atoms with Gasteiger partial charge in [-0.3, -0.25) is 9.59 Å². The molecular formula is C20H25FN2O4. The highest BCUT2D eigenvalue weighted by Gasteiger charge is 2.40. The number of carbonyl (C=O) groups is 2. The number of methoxy groups -OCH3 is 1. The van der Waals surface area contributed by atoms with Gasteiger partial charge < -0.3 is 14.4 Å². The van der Waals surface area contributed by atoms with Gasteiger partial charge in [0.1, 0.15) is 5.54 Å². The summed E-state index contributed by atoms with van der Waals surface area (Å²) in [5.41, 5.74) is -0.415. The summed E-state index contributed by atoms with van der Waals surface area (Å²) in [7, 11) is 2.94. The monoisotopic (exact) mass is 376 g/mol. The van der Waals surface area contributed by atoms with E-state index in [0.29, 0.717) is 18.4 Å². The molecule has 7 heteroatoms. The van der Waals surface area contributed by atoms with Gasteiger partial charge in [-0.1, -0.05) is 25.3 Å². The summed E-state index contributed by atoms with van der Waals surface area (Å²) in [4.78, 5) is 26.2. The molecule has 0 radical (unpaired) electrons. The van der Waals surface area contributed by atoms with Gasteiger partial charge >= 0.3 is 5.97 Å². The van der Waals surface area contributed by atoms with Crippen molar-refractivity contribution >= 4 is 11.9 Å². The molecule has 1 aliphatic carbocycles. The maximum atomic E-state index is 13.7. The number of carbonyl (C=O) groups excluding carboxylic acids is 2. The number of esters is 1. The molecule has 0 spiro atoms. The zero-order chi connectivity index (χ0) is 20.0. The number of amides is 1. The zero-order valence-electron chi connectivity index (χ0n) is 16.0. The van der Waals surface area contributed by atoms with Crippen molar-refractivity contribution in [1.29, 1.82) is 5.26 Å². The predicted molar refractivity (Wildman–Crippen MR) is 96.4 cm³/mol. The van der Waals surface area contributed by atoms with Crippen LogP contribution in [-0.4, -0.2) is 42.6 Å². The Morgan fingerprint density at radius 1 is 1.33 bits per heavy atom. The highest BCUT2D eigenvalue weighted by atomic mass is 19.1. The molecule has 1 aromatic carbocycles. The number of halogens is 1. The SMILES string of the molecule is COc1ccc(CC(=O)O[C@@H](C)C(=O)N(C)C2(C#N)CCCCC2)cc1F. The molecule has 6 nitrogen and oxygen atoms in total. The van der Waals surface area contributed by atoms with Gasteiger partial charge in [-0.05, 0) is 37.5 Å². The molecule has 0 N–H and O–H groups in total. The quantitative estimate of drug-likeness (QED) is 0.713. The Balaban J connectivity index is 1.97. The van der Waals surface area contributed by atoms with Gasteiger partial charge in [-0.25, -0.2) is 4.39 Å². The van der Waals surface area contributed by atoms with Crippen LogP contribution in [0.25, 0.3) is 0 Å². The Morgan fingerprint density at radius 3 is 2.56 bits per heavy atom. The number of hydrogen-bond donors (Lipinski definition) is 0. The third kappa shape index (κ3) is 4.76. The van der Waals surface area contributed by atoms with Crippen LogP contribution in [0.1, 0.15) is 44.6 Å². The van der Waals surface area contributed by atoms with Crippen molar-refractivity contribution in [3.63, 3.8) is 0 Å². The first-order valence-corrected chi connectivity index (χ1v) is 9.04. The summed E-state index contributed by atoms with van der Waals surface area (Å²) in [6.45, 7) is 1.49. The van der Waals surface area contributed by atoms with Crippen LogP contribution >= 0.6 is 0 Å². The van der Waals surface area contributed by atoms with Gasteiger partial charge in [-0.15, -0.1) is 0 Å². The highest BCUT2D eigenvalue weighted by Crippen LogP contribution is 2.33. The number of ether oxygens (including phenoxy) is 2. The molecule has 0 aliphatic heterocycles. The molecule has 1 aliphatic rings. The maximum absolute atomic E-state index is 13.7. The van der Waals surface area contributed by atoms with Crippen molar-refractivity contribution in [2.75, 3.05) is 14.2 Å². The number of nitrogens with zero attached hydrogens (tertiary/aromatic N) is 2. The van der Waals surface area contributed by atoms with E-state index in [2.05, 4.69) is 6.07 Å². The predicted octanol–water partition coefficient (Wildman–Crippen LogP) is 2.99. The second-order valence-corrected chi connectivity index (χ2v) is 6.88. The largest absolute Gasteiger partial charge is 0.494 e. The summed E-state index contributed by atoms with van der Waals surface area (Å²) in [5.74, 6) is -1.53. The zero-order valence-corrected chi connectivity index (χ0v) is 16.0. The van der Waals surface area contributed by atoms with Crippen molar-refractivity contribution in [2.24, 2.45) is 0 Å². The van der Waals surface area contributed by atoms with Gasteiger partial charge in [-0.2, -0.15) is 5.26 Å². The minimum atomic E-state index is -1.02. The van der Waals surface area contributed by atoms with Crippen molar-refractivity contribution < 1.29 is 23.5 Å². The summed E-state index contributed by atoms with van der Waals surface area (Å²) in [5, 5.41) is 9.59. The van der Waals surface area contributed by atoms with E-state index in [0.717, 1.165) is 19.3 Å². The molecule has 0 unspecified atom stereocenters. The molecule has 1 amide bonds. The first kappa shape index (κ1) is 20.7. The topological polar surface area (TPSA) is 79.6 Å². The fourth-order valence-electron chi connectivity index (χ4n) is 3.42. The lowest BCUT2D eigenvalue weighted by Gasteiger charge is -2.39. The molecule has 1 atom stereocenters.